The Balaban J connectivity index is 1.85. The van der Waals surface area contributed by atoms with E-state index in [1.165, 1.54) is 0 Å². The van der Waals surface area contributed by atoms with E-state index in [2.05, 4.69) is 10.3 Å². The fourth-order valence-corrected chi connectivity index (χ4v) is 2.36. The molecular weight excluding hydrogens is 294 g/mol. The number of benzene rings is 1. The van der Waals surface area contributed by atoms with Crippen LogP contribution in [0.4, 0.5) is 4.79 Å². The van der Waals surface area contributed by atoms with E-state index in [1.807, 2.05) is 38.1 Å². The summed E-state index contributed by atoms with van der Waals surface area (Å²) in [5.74, 6) is 2.12. The minimum absolute atomic E-state index is 0.382. The van der Waals surface area contributed by atoms with E-state index in [4.69, 9.17) is 14.9 Å². The van der Waals surface area contributed by atoms with Gasteiger partial charge in [-0.05, 0) is 31.0 Å². The van der Waals surface area contributed by atoms with Crippen molar-refractivity contribution >= 4 is 17.1 Å². The minimum Gasteiger partial charge on any atom is -0.456 e. The number of rotatable bonds is 4. The van der Waals surface area contributed by atoms with Gasteiger partial charge < -0.3 is 20.2 Å². The fraction of sp³-hybridized carbons (Fsp3) is 0.176. The quantitative estimate of drug-likeness (QED) is 0.772. The summed E-state index contributed by atoms with van der Waals surface area (Å²) in [6.07, 6.45) is 1.69. The van der Waals surface area contributed by atoms with Crippen molar-refractivity contribution in [2.75, 3.05) is 0 Å². The summed E-state index contributed by atoms with van der Waals surface area (Å²) in [7, 11) is 0. The molecule has 3 N–H and O–H groups in total. The van der Waals surface area contributed by atoms with Crippen molar-refractivity contribution < 1.29 is 13.9 Å². The van der Waals surface area contributed by atoms with Gasteiger partial charge in [-0.3, -0.25) is 4.98 Å². The highest BCUT2D eigenvalue weighted by Gasteiger charge is 2.11. The number of aryl methyl sites for hydroxylation is 2. The predicted molar refractivity (Wildman–Crippen MR) is 86.4 cm³/mol. The first kappa shape index (κ1) is 14.9. The summed E-state index contributed by atoms with van der Waals surface area (Å²) in [4.78, 5) is 15.0. The molecule has 0 saturated carbocycles. The minimum atomic E-state index is -0.546. The molecule has 1 aromatic carbocycles. The van der Waals surface area contributed by atoms with Gasteiger partial charge in [0.25, 0.3) is 0 Å². The second-order valence-electron chi connectivity index (χ2n) is 5.30. The van der Waals surface area contributed by atoms with Crippen LogP contribution < -0.4 is 15.8 Å². The van der Waals surface area contributed by atoms with Gasteiger partial charge in [-0.2, -0.15) is 0 Å². The fourth-order valence-electron chi connectivity index (χ4n) is 2.36. The van der Waals surface area contributed by atoms with E-state index in [0.29, 0.717) is 17.9 Å². The number of carbonyl (C=O) groups is 1. The van der Waals surface area contributed by atoms with Crippen molar-refractivity contribution in [3.05, 3.63) is 53.4 Å². The number of nitrogens with one attached hydrogen (secondary N) is 1. The Labute approximate surface area is 133 Å². The number of pyridine rings is 1. The lowest BCUT2D eigenvalue weighted by Gasteiger charge is -2.10. The zero-order chi connectivity index (χ0) is 16.4. The average molecular weight is 311 g/mol. The Morgan fingerprint density at radius 3 is 2.83 bits per heavy atom. The molecule has 6 nitrogen and oxygen atoms in total. The number of nitrogens with zero attached hydrogens (tertiary/aromatic N) is 1. The van der Waals surface area contributed by atoms with Crippen LogP contribution in [0.25, 0.3) is 11.1 Å². The number of hydrogen-bond donors (Lipinski definition) is 2. The van der Waals surface area contributed by atoms with E-state index >= 15 is 0 Å². The summed E-state index contributed by atoms with van der Waals surface area (Å²) in [6.45, 7) is 4.19. The van der Waals surface area contributed by atoms with E-state index in [0.717, 1.165) is 28.2 Å². The van der Waals surface area contributed by atoms with Gasteiger partial charge in [0, 0.05) is 24.9 Å². The van der Waals surface area contributed by atoms with Crippen molar-refractivity contribution in [3.8, 4) is 11.5 Å². The normalized spacial score (nSPS) is 10.7. The summed E-state index contributed by atoms with van der Waals surface area (Å²) < 4.78 is 11.6. The topological polar surface area (TPSA) is 90.4 Å². The molecule has 3 aromatic rings. The second kappa shape index (κ2) is 6.00. The van der Waals surface area contributed by atoms with Crippen LogP contribution in [-0.2, 0) is 6.54 Å². The Bertz CT molecular complexity index is 871. The molecule has 6 heteroatoms. The summed E-state index contributed by atoms with van der Waals surface area (Å²) in [5.41, 5.74) is 8.36. The highest BCUT2D eigenvalue weighted by molar-refractivity contribution is 5.79. The zero-order valence-electron chi connectivity index (χ0n) is 12.9. The molecule has 3 rings (SSSR count). The van der Waals surface area contributed by atoms with Crippen molar-refractivity contribution in [1.29, 1.82) is 0 Å². The lowest BCUT2D eigenvalue weighted by molar-refractivity contribution is 0.248. The number of ether oxygens (including phenoxy) is 1. The molecule has 2 heterocycles. The number of carbonyl (C=O) groups excluding carboxylic acids is 1. The van der Waals surface area contributed by atoms with Crippen LogP contribution in [0.3, 0.4) is 0 Å². The van der Waals surface area contributed by atoms with Crippen LogP contribution in [0.2, 0.25) is 0 Å². The summed E-state index contributed by atoms with van der Waals surface area (Å²) in [5, 5.41) is 2.56. The standard InChI is InChI=1S/C17H17N3O3/c1-10-7-12(9-20-17(18)21)3-4-14(10)23-15-5-6-19-13-8-11(2)22-16(13)15/h3-8H,9H2,1-2H3,(H3,18,20,21). The molecule has 0 aliphatic carbocycles. The van der Waals surface area contributed by atoms with Crippen LogP contribution >= 0.6 is 0 Å². The number of fused-ring (bicyclic) bond motifs is 1. The van der Waals surface area contributed by atoms with Gasteiger partial charge in [-0.1, -0.05) is 12.1 Å². The average Bonchev–Trinajstić information content (AvgIpc) is 2.89. The first-order valence-electron chi connectivity index (χ1n) is 7.19. The van der Waals surface area contributed by atoms with Gasteiger partial charge in [0.2, 0.25) is 0 Å². The zero-order valence-corrected chi connectivity index (χ0v) is 12.9. The molecule has 2 amide bonds. The molecular formula is C17H17N3O3. The number of nitrogens with two attached hydrogens (primary N) is 1. The third-order valence-corrected chi connectivity index (χ3v) is 3.42. The maximum atomic E-state index is 10.8. The number of amides is 2. The van der Waals surface area contributed by atoms with Crippen molar-refractivity contribution in [2.45, 2.75) is 20.4 Å². The van der Waals surface area contributed by atoms with Crippen molar-refractivity contribution in [3.63, 3.8) is 0 Å². The van der Waals surface area contributed by atoms with E-state index in [-0.39, 0.29) is 0 Å². The van der Waals surface area contributed by atoms with Gasteiger partial charge >= 0.3 is 6.03 Å². The molecule has 0 aliphatic heterocycles. The van der Waals surface area contributed by atoms with Gasteiger partial charge in [-0.25, -0.2) is 4.79 Å². The van der Waals surface area contributed by atoms with E-state index in [9.17, 15) is 4.79 Å². The Morgan fingerprint density at radius 2 is 2.09 bits per heavy atom. The lowest BCUT2D eigenvalue weighted by Crippen LogP contribution is -2.28. The van der Waals surface area contributed by atoms with Gasteiger partial charge in [0.15, 0.2) is 11.3 Å². The second-order valence-corrected chi connectivity index (χ2v) is 5.30. The Hall–Kier alpha value is -3.02. The first-order chi connectivity index (χ1) is 11.0. The molecule has 23 heavy (non-hydrogen) atoms. The monoisotopic (exact) mass is 311 g/mol. The summed E-state index contributed by atoms with van der Waals surface area (Å²) in [6, 6.07) is 8.77. The van der Waals surface area contributed by atoms with Gasteiger partial charge in [0.1, 0.15) is 17.0 Å². The van der Waals surface area contributed by atoms with E-state index < -0.39 is 6.03 Å². The molecule has 0 fully saturated rings. The third-order valence-electron chi connectivity index (χ3n) is 3.42. The SMILES string of the molecule is Cc1cc2nccc(Oc3ccc(CNC(N)=O)cc3C)c2o1. The molecule has 0 atom stereocenters. The van der Waals surface area contributed by atoms with Gasteiger partial charge in [-0.15, -0.1) is 0 Å². The number of urea groups is 1. The molecule has 2 aromatic heterocycles. The van der Waals surface area contributed by atoms with Gasteiger partial charge in [0.05, 0.1) is 0 Å². The molecule has 118 valence electrons. The lowest BCUT2D eigenvalue weighted by atomic mass is 10.1. The maximum Gasteiger partial charge on any atom is 0.312 e. The maximum absolute atomic E-state index is 10.8. The van der Waals surface area contributed by atoms with Crippen molar-refractivity contribution in [2.24, 2.45) is 5.73 Å². The molecule has 0 saturated heterocycles. The number of primary amides is 1. The smallest absolute Gasteiger partial charge is 0.312 e. The molecule has 0 aliphatic rings. The van der Waals surface area contributed by atoms with Crippen LogP contribution in [0.1, 0.15) is 16.9 Å². The molecule has 0 unspecified atom stereocenters. The van der Waals surface area contributed by atoms with Crippen LogP contribution in [0.15, 0.2) is 40.9 Å². The Morgan fingerprint density at radius 1 is 1.26 bits per heavy atom. The number of aromatic nitrogens is 1. The molecule has 0 bridgehead atoms. The van der Waals surface area contributed by atoms with E-state index in [1.54, 1.807) is 12.3 Å². The first-order valence-corrected chi connectivity index (χ1v) is 7.19. The van der Waals surface area contributed by atoms with Crippen LogP contribution in [0, 0.1) is 13.8 Å². The molecule has 0 radical (unpaired) electrons. The predicted octanol–water partition coefficient (Wildman–Crippen LogP) is 3.41. The summed E-state index contributed by atoms with van der Waals surface area (Å²) >= 11 is 0. The third kappa shape index (κ3) is 3.26. The number of hydrogen-bond acceptors (Lipinski definition) is 4. The largest absolute Gasteiger partial charge is 0.456 e. The van der Waals surface area contributed by atoms with Crippen molar-refractivity contribution in [1.82, 2.24) is 10.3 Å². The number of furan rings is 1. The molecule has 0 spiro atoms. The Kier molecular flexibility index (Phi) is 3.89. The van der Waals surface area contributed by atoms with Crippen LogP contribution in [0.5, 0.6) is 11.5 Å². The highest BCUT2D eigenvalue weighted by atomic mass is 16.5. The highest BCUT2D eigenvalue weighted by Crippen LogP contribution is 2.32. The van der Waals surface area contributed by atoms with Crippen LogP contribution in [-0.4, -0.2) is 11.0 Å².